The van der Waals surface area contributed by atoms with E-state index in [0.717, 1.165) is 5.56 Å². The minimum absolute atomic E-state index is 0.0362. The van der Waals surface area contributed by atoms with Gasteiger partial charge in [0.25, 0.3) is 5.91 Å². The van der Waals surface area contributed by atoms with Crippen LogP contribution in [-0.4, -0.2) is 26.9 Å². The molecule has 0 heterocycles. The molecule has 0 spiro atoms. The number of rotatable bonds is 7. The smallest absolute Gasteiger partial charge is 0.252 e. The zero-order chi connectivity index (χ0) is 19.3. The first-order valence-corrected chi connectivity index (χ1v) is 9.89. The molecule has 0 aliphatic heterocycles. The van der Waals surface area contributed by atoms with Crippen LogP contribution in [0.25, 0.3) is 0 Å². The Kier molecular flexibility index (Phi) is 6.75. The Morgan fingerprint density at radius 1 is 1.19 bits per heavy atom. The van der Waals surface area contributed by atoms with Crippen molar-refractivity contribution in [1.82, 2.24) is 10.0 Å². The number of amides is 1. The van der Waals surface area contributed by atoms with Gasteiger partial charge in [0.05, 0.1) is 15.5 Å². The lowest BCUT2D eigenvalue weighted by atomic mass is 10.1. The van der Waals surface area contributed by atoms with Gasteiger partial charge in [-0.2, -0.15) is 0 Å². The fraction of sp³-hybridized carbons (Fsp3) is 0.278. The number of hydrogen-bond donors (Lipinski definition) is 2. The first kappa shape index (κ1) is 20.4. The Hall–Kier alpha value is -1.96. The van der Waals surface area contributed by atoms with Crippen LogP contribution >= 0.6 is 11.6 Å². The second-order valence-corrected chi connectivity index (χ2v) is 8.17. The summed E-state index contributed by atoms with van der Waals surface area (Å²) in [6, 6.07) is 9.77. The number of sulfonamides is 1. The highest BCUT2D eigenvalue weighted by Gasteiger charge is 2.19. The van der Waals surface area contributed by atoms with E-state index in [9.17, 15) is 17.6 Å². The average molecular weight is 399 g/mol. The van der Waals surface area contributed by atoms with Gasteiger partial charge in [0.1, 0.15) is 5.82 Å². The Bertz CT molecular complexity index is 901. The number of carbonyl (C=O) groups is 1. The molecule has 5 nitrogen and oxygen atoms in total. The van der Waals surface area contributed by atoms with Gasteiger partial charge >= 0.3 is 0 Å². The minimum atomic E-state index is -3.73. The second kappa shape index (κ2) is 8.62. The van der Waals surface area contributed by atoms with E-state index < -0.39 is 15.9 Å². The first-order chi connectivity index (χ1) is 12.2. The van der Waals surface area contributed by atoms with Gasteiger partial charge in [-0.25, -0.2) is 17.5 Å². The maximum atomic E-state index is 13.1. The molecule has 0 bridgehead atoms. The number of nitrogens with one attached hydrogen (secondary N) is 2. The van der Waals surface area contributed by atoms with Crippen molar-refractivity contribution in [3.63, 3.8) is 0 Å². The van der Waals surface area contributed by atoms with Gasteiger partial charge in [0, 0.05) is 12.6 Å². The molecule has 0 saturated heterocycles. The van der Waals surface area contributed by atoms with Crippen LogP contribution < -0.4 is 10.0 Å². The summed E-state index contributed by atoms with van der Waals surface area (Å²) in [7, 11) is -3.73. The van der Waals surface area contributed by atoms with E-state index in [0.29, 0.717) is 6.42 Å². The van der Waals surface area contributed by atoms with Gasteiger partial charge in [-0.3, -0.25) is 4.79 Å². The topological polar surface area (TPSA) is 75.3 Å². The lowest BCUT2D eigenvalue weighted by molar-refractivity contribution is 0.0954. The predicted octanol–water partition coefficient (Wildman–Crippen LogP) is 3.14. The number of hydrogen-bond acceptors (Lipinski definition) is 3. The van der Waals surface area contributed by atoms with Crippen molar-refractivity contribution in [2.45, 2.75) is 31.2 Å². The Morgan fingerprint density at radius 3 is 2.58 bits per heavy atom. The summed E-state index contributed by atoms with van der Waals surface area (Å²) in [4.78, 5) is 12.3. The predicted molar refractivity (Wildman–Crippen MR) is 99.3 cm³/mol. The molecular weight excluding hydrogens is 379 g/mol. The van der Waals surface area contributed by atoms with Crippen LogP contribution in [0.15, 0.2) is 47.4 Å². The fourth-order valence-electron chi connectivity index (χ4n) is 2.33. The number of carbonyl (C=O) groups excluding carboxylic acids is 1. The molecule has 2 N–H and O–H groups in total. The molecule has 2 aromatic rings. The molecule has 0 fully saturated rings. The summed E-state index contributed by atoms with van der Waals surface area (Å²) in [6.45, 7) is 3.67. The van der Waals surface area contributed by atoms with Crippen LogP contribution in [0.1, 0.15) is 29.8 Å². The summed E-state index contributed by atoms with van der Waals surface area (Å²) >= 11 is 6.04. The molecule has 0 aliphatic rings. The van der Waals surface area contributed by atoms with Crippen molar-refractivity contribution in [3.8, 4) is 0 Å². The summed E-state index contributed by atoms with van der Waals surface area (Å²) in [5.74, 6) is -0.833. The SMILES string of the molecule is CC(C)NS(=O)(=O)c1ccc(Cl)c(C(=O)NCCc2cccc(F)c2)c1. The van der Waals surface area contributed by atoms with Crippen LogP contribution in [0.4, 0.5) is 4.39 Å². The van der Waals surface area contributed by atoms with Gasteiger partial charge in [-0.1, -0.05) is 23.7 Å². The summed E-state index contributed by atoms with van der Waals surface area (Å²) in [5.41, 5.74) is 0.811. The first-order valence-electron chi connectivity index (χ1n) is 8.03. The van der Waals surface area contributed by atoms with E-state index >= 15 is 0 Å². The highest BCUT2D eigenvalue weighted by molar-refractivity contribution is 7.89. The largest absolute Gasteiger partial charge is 0.352 e. The molecule has 2 aromatic carbocycles. The van der Waals surface area contributed by atoms with Gasteiger partial charge in [0.2, 0.25) is 10.0 Å². The molecular formula is C18H20ClFN2O3S. The summed E-state index contributed by atoms with van der Waals surface area (Å²) in [6.07, 6.45) is 0.439. The number of halogens is 2. The Morgan fingerprint density at radius 2 is 1.92 bits per heavy atom. The molecule has 8 heteroatoms. The van der Waals surface area contributed by atoms with Crippen LogP contribution in [0.2, 0.25) is 5.02 Å². The van der Waals surface area contributed by atoms with E-state index in [1.165, 1.54) is 30.3 Å². The third kappa shape index (κ3) is 5.52. The number of benzene rings is 2. The standard InChI is InChI=1S/C18H20ClFN2O3S/c1-12(2)22-26(24,25)15-6-7-17(19)16(11-15)18(23)21-9-8-13-4-3-5-14(20)10-13/h3-7,10-12,22H,8-9H2,1-2H3,(H,21,23). The summed E-state index contributed by atoms with van der Waals surface area (Å²) < 4.78 is 40.1. The van der Waals surface area contributed by atoms with Crippen molar-refractivity contribution in [2.75, 3.05) is 6.54 Å². The highest BCUT2D eigenvalue weighted by Crippen LogP contribution is 2.20. The molecule has 0 saturated carbocycles. The quantitative estimate of drug-likeness (QED) is 0.752. The maximum Gasteiger partial charge on any atom is 0.252 e. The fourth-order valence-corrected chi connectivity index (χ4v) is 3.81. The van der Waals surface area contributed by atoms with Crippen LogP contribution in [0.5, 0.6) is 0 Å². The zero-order valence-electron chi connectivity index (χ0n) is 14.4. The summed E-state index contributed by atoms with van der Waals surface area (Å²) in [5, 5.41) is 2.82. The van der Waals surface area contributed by atoms with Crippen LogP contribution in [0, 0.1) is 5.82 Å². The van der Waals surface area contributed by atoms with Gasteiger partial charge in [0.15, 0.2) is 0 Å². The molecule has 0 unspecified atom stereocenters. The third-order valence-electron chi connectivity index (χ3n) is 3.47. The van der Waals surface area contributed by atoms with Crippen molar-refractivity contribution >= 4 is 27.5 Å². The molecule has 140 valence electrons. The van der Waals surface area contributed by atoms with E-state index in [-0.39, 0.29) is 33.9 Å². The van der Waals surface area contributed by atoms with Gasteiger partial charge in [-0.15, -0.1) is 0 Å². The zero-order valence-corrected chi connectivity index (χ0v) is 16.0. The normalized spacial score (nSPS) is 11.6. The Labute approximate surface area is 157 Å². The highest BCUT2D eigenvalue weighted by atomic mass is 35.5. The van der Waals surface area contributed by atoms with Crippen molar-refractivity contribution in [1.29, 1.82) is 0 Å². The second-order valence-electron chi connectivity index (χ2n) is 6.05. The molecule has 2 rings (SSSR count). The maximum absolute atomic E-state index is 13.1. The molecule has 1 amide bonds. The molecule has 0 aliphatic carbocycles. The van der Waals surface area contributed by atoms with Gasteiger partial charge in [-0.05, 0) is 56.2 Å². The van der Waals surface area contributed by atoms with E-state index in [1.807, 2.05) is 0 Å². The van der Waals surface area contributed by atoms with E-state index in [2.05, 4.69) is 10.0 Å². The van der Waals surface area contributed by atoms with Crippen LogP contribution in [-0.2, 0) is 16.4 Å². The molecule has 0 radical (unpaired) electrons. The molecule has 26 heavy (non-hydrogen) atoms. The van der Waals surface area contributed by atoms with Gasteiger partial charge < -0.3 is 5.32 Å². The van der Waals surface area contributed by atoms with Crippen molar-refractivity contribution in [3.05, 3.63) is 64.4 Å². The Balaban J connectivity index is 2.09. The van der Waals surface area contributed by atoms with Crippen LogP contribution in [0.3, 0.4) is 0 Å². The van der Waals surface area contributed by atoms with E-state index in [1.54, 1.807) is 26.0 Å². The molecule has 0 atom stereocenters. The van der Waals surface area contributed by atoms with E-state index in [4.69, 9.17) is 11.6 Å². The minimum Gasteiger partial charge on any atom is -0.352 e. The lowest BCUT2D eigenvalue weighted by Crippen LogP contribution is -2.31. The average Bonchev–Trinajstić information content (AvgIpc) is 2.53. The monoisotopic (exact) mass is 398 g/mol. The van der Waals surface area contributed by atoms with Crippen molar-refractivity contribution in [2.24, 2.45) is 0 Å². The third-order valence-corrected chi connectivity index (χ3v) is 5.46. The molecule has 0 aromatic heterocycles. The van der Waals surface area contributed by atoms with Crippen molar-refractivity contribution < 1.29 is 17.6 Å². The lowest BCUT2D eigenvalue weighted by Gasteiger charge is -2.12.